The number of hydrogen-bond donors (Lipinski definition) is 2. The molecule has 9 fully saturated rings. The van der Waals surface area contributed by atoms with Crippen LogP contribution in [0.15, 0.2) is 48.9 Å². The second-order valence-electron chi connectivity index (χ2n) is 23.3. The summed E-state index contributed by atoms with van der Waals surface area (Å²) in [5, 5.41) is 6.14. The number of benzene rings is 1. The number of nitrogens with zero attached hydrogens (tertiary/aromatic N) is 9. The van der Waals surface area contributed by atoms with Gasteiger partial charge in [0.15, 0.2) is 5.82 Å². The van der Waals surface area contributed by atoms with E-state index in [2.05, 4.69) is 77.9 Å². The van der Waals surface area contributed by atoms with Crippen molar-refractivity contribution >= 4 is 57.9 Å². The van der Waals surface area contributed by atoms with Crippen LogP contribution in [0.2, 0.25) is 0 Å². The van der Waals surface area contributed by atoms with Gasteiger partial charge in [-0.3, -0.25) is 29.3 Å². The molecule has 2 bridgehead atoms. The van der Waals surface area contributed by atoms with Crippen molar-refractivity contribution in [3.63, 3.8) is 0 Å². The van der Waals surface area contributed by atoms with Crippen LogP contribution in [0.5, 0.6) is 0 Å². The van der Waals surface area contributed by atoms with E-state index >= 15 is 4.79 Å². The Morgan fingerprint density at radius 3 is 2.25 bits per heavy atom. The lowest BCUT2D eigenvalue weighted by atomic mass is 9.60. The van der Waals surface area contributed by atoms with E-state index in [0.29, 0.717) is 63.9 Å². The third-order valence-electron chi connectivity index (χ3n) is 18.7. The van der Waals surface area contributed by atoms with Crippen LogP contribution in [-0.2, 0) is 29.4 Å². The topological polar surface area (TPSA) is 169 Å². The van der Waals surface area contributed by atoms with Crippen molar-refractivity contribution in [3.05, 3.63) is 60.0 Å². The molecule has 3 atom stereocenters. The maximum atomic E-state index is 15.3. The molecule has 3 aromatic heterocycles. The lowest BCUT2D eigenvalue weighted by molar-refractivity contribution is -0.162. The maximum Gasteiger partial charge on any atom is 0.238 e. The van der Waals surface area contributed by atoms with Gasteiger partial charge in [-0.2, -0.15) is 0 Å². The number of imidazole rings is 1. The Kier molecular flexibility index (Phi) is 11.4. The van der Waals surface area contributed by atoms with Gasteiger partial charge in [-0.1, -0.05) is 24.6 Å². The number of piperidine rings is 6. The molecule has 2 N–H and O–H groups in total. The largest absolute Gasteiger partial charge is 0.366 e. The first-order valence-corrected chi connectivity index (χ1v) is 27.5. The molecule has 5 amide bonds. The van der Waals surface area contributed by atoms with Crippen molar-refractivity contribution in [2.75, 3.05) is 67.5 Å². The zero-order valence-corrected chi connectivity index (χ0v) is 41.9. The SMILES string of the molecule is CC(C)n1cnc2cc(-c3ccc4c(c3)N(C3CC(N5CCCCC5)C3)C(=O)C43CCN(C(=O)C4C5CC4CN(C(=O)C4CCN(c6ccc([C@H]7CCC(=O)NC7=O)cn6)CC4)C5)CC3)nc(NC3CC3)c21. The second-order valence-corrected chi connectivity index (χ2v) is 23.3. The minimum absolute atomic E-state index is 0.0525. The van der Waals surface area contributed by atoms with E-state index in [1.165, 1.54) is 19.3 Å². The summed E-state index contributed by atoms with van der Waals surface area (Å²) >= 11 is 0. The van der Waals surface area contributed by atoms with E-state index in [-0.39, 0.29) is 71.2 Å². The Balaban J connectivity index is 0.671. The molecule has 72 heavy (non-hydrogen) atoms. The number of imide groups is 1. The summed E-state index contributed by atoms with van der Waals surface area (Å²) in [7, 11) is 0. The van der Waals surface area contributed by atoms with Gasteiger partial charge in [-0.05, 0) is 145 Å². The highest BCUT2D eigenvalue weighted by Crippen LogP contribution is 2.54. The van der Waals surface area contributed by atoms with Crippen LogP contribution in [0.1, 0.15) is 127 Å². The van der Waals surface area contributed by atoms with Gasteiger partial charge >= 0.3 is 0 Å². The lowest BCUT2D eigenvalue weighted by Gasteiger charge is -2.54. The number of nitrogens with one attached hydrogen (secondary N) is 2. The van der Waals surface area contributed by atoms with E-state index in [9.17, 15) is 19.2 Å². The average molecular weight is 976 g/mol. The lowest BCUT2D eigenvalue weighted by Crippen LogP contribution is -2.63. The molecule has 14 rings (SSSR count). The molecule has 1 spiro atoms. The first-order valence-electron chi connectivity index (χ1n) is 27.5. The fourth-order valence-corrected chi connectivity index (χ4v) is 14.3. The number of aromatic nitrogens is 4. The van der Waals surface area contributed by atoms with Crippen LogP contribution in [0, 0.1) is 23.7 Å². The van der Waals surface area contributed by atoms with Gasteiger partial charge in [0.25, 0.3) is 0 Å². The zero-order chi connectivity index (χ0) is 49.0. The molecule has 1 aromatic carbocycles. The van der Waals surface area contributed by atoms with Crippen molar-refractivity contribution in [1.29, 1.82) is 0 Å². The van der Waals surface area contributed by atoms with Crippen molar-refractivity contribution in [3.8, 4) is 11.3 Å². The summed E-state index contributed by atoms with van der Waals surface area (Å²) in [4.78, 5) is 93.8. The second kappa shape index (κ2) is 17.9. The Labute approximate surface area is 421 Å². The normalized spacial score (nSPS) is 28.6. The predicted molar refractivity (Wildman–Crippen MR) is 273 cm³/mol. The molecule has 10 heterocycles. The number of amides is 5. The molecule has 16 nitrogen and oxygen atoms in total. The third-order valence-corrected chi connectivity index (χ3v) is 18.7. The number of hydrogen-bond acceptors (Lipinski definition) is 11. The first-order chi connectivity index (χ1) is 35.0. The molecule has 6 saturated heterocycles. The molecule has 3 aliphatic carbocycles. The zero-order valence-electron chi connectivity index (χ0n) is 41.9. The monoisotopic (exact) mass is 976 g/mol. The molecule has 16 heteroatoms. The summed E-state index contributed by atoms with van der Waals surface area (Å²) in [6.07, 6.45) is 16.3. The highest BCUT2D eigenvalue weighted by Gasteiger charge is 2.58. The van der Waals surface area contributed by atoms with Crippen molar-refractivity contribution in [1.82, 2.24) is 39.5 Å². The molecule has 378 valence electrons. The molecule has 4 aromatic rings. The number of carbonyl (C=O) groups excluding carboxylic acids is 5. The molecule has 7 aliphatic heterocycles. The molecule has 2 unspecified atom stereocenters. The number of fused-ring (bicyclic) bond motifs is 5. The number of rotatable bonds is 10. The maximum absolute atomic E-state index is 15.3. The number of carbonyl (C=O) groups is 5. The van der Waals surface area contributed by atoms with Gasteiger partial charge < -0.3 is 34.4 Å². The van der Waals surface area contributed by atoms with Crippen molar-refractivity contribution in [2.24, 2.45) is 23.7 Å². The minimum atomic E-state index is -0.670. The fraction of sp³-hybridized carbons (Fsp3) is 0.607. The van der Waals surface area contributed by atoms with Crippen molar-refractivity contribution in [2.45, 2.75) is 139 Å². The average Bonchev–Trinajstić information content (AvgIpc) is 4.05. The van der Waals surface area contributed by atoms with E-state index < -0.39 is 5.41 Å². The van der Waals surface area contributed by atoms with Crippen LogP contribution in [0.3, 0.4) is 0 Å². The van der Waals surface area contributed by atoms with Gasteiger partial charge in [0.1, 0.15) is 11.3 Å². The number of likely N-dealkylation sites (tertiary alicyclic amines) is 2. The summed E-state index contributed by atoms with van der Waals surface area (Å²) < 4.78 is 2.20. The highest BCUT2D eigenvalue weighted by molar-refractivity contribution is 6.09. The minimum Gasteiger partial charge on any atom is -0.366 e. The van der Waals surface area contributed by atoms with Gasteiger partial charge in [0, 0.05) is 99.1 Å². The van der Waals surface area contributed by atoms with Crippen LogP contribution in [-0.4, -0.2) is 134 Å². The van der Waals surface area contributed by atoms with Gasteiger partial charge in [-0.15, -0.1) is 0 Å². The van der Waals surface area contributed by atoms with E-state index in [1.807, 2.05) is 23.4 Å². The Morgan fingerprint density at radius 2 is 1.56 bits per heavy atom. The van der Waals surface area contributed by atoms with Gasteiger partial charge in [0.2, 0.25) is 29.5 Å². The van der Waals surface area contributed by atoms with Crippen LogP contribution in [0.4, 0.5) is 17.3 Å². The number of pyridine rings is 2. The van der Waals surface area contributed by atoms with Crippen molar-refractivity contribution < 1.29 is 24.0 Å². The van der Waals surface area contributed by atoms with E-state index in [1.54, 1.807) is 6.20 Å². The predicted octanol–water partition coefficient (Wildman–Crippen LogP) is 6.40. The van der Waals surface area contributed by atoms with Gasteiger partial charge in [-0.25, -0.2) is 15.0 Å². The fourth-order valence-electron chi connectivity index (χ4n) is 14.3. The standard InChI is InChI=1S/C56H69N11O5/c1-33(2)66-32-58-45-28-44(60-51(50(45)66)59-39-8-9-39)35-6-11-43-46(25-35)67(41-26-40(27-41)62-18-4-3-5-19-62)55(72)56(43)16-22-64(23-17-56)54(71)49-37-24-38(49)31-65(30-37)53(70)34-14-20-63(21-15-34)47-12-7-36(29-57-47)42-10-13-48(68)61-52(42)69/h6-7,11-12,25,28-29,32-34,37-42,49H,3-5,8-10,13-24,26-27,30-31H2,1-2H3,(H,59,60)(H,61,68,69)/t37?,38?,40?,41?,42-,49?/m1/s1. The summed E-state index contributed by atoms with van der Waals surface area (Å²) in [5.74, 6) is 1.71. The third kappa shape index (κ3) is 7.87. The Morgan fingerprint density at radius 1 is 0.792 bits per heavy atom. The quantitative estimate of drug-likeness (QED) is 0.169. The number of anilines is 3. The Bertz CT molecular complexity index is 2800. The van der Waals surface area contributed by atoms with Crippen LogP contribution < -0.4 is 20.4 Å². The first kappa shape index (κ1) is 45.9. The molecular formula is C56H69N11O5. The molecule has 10 aliphatic rings. The smallest absolute Gasteiger partial charge is 0.238 e. The molecule has 3 saturated carbocycles. The van der Waals surface area contributed by atoms with E-state index in [4.69, 9.17) is 9.97 Å². The van der Waals surface area contributed by atoms with Crippen LogP contribution in [0.25, 0.3) is 22.3 Å². The molecule has 0 radical (unpaired) electrons. The highest BCUT2D eigenvalue weighted by atomic mass is 16.2. The van der Waals surface area contributed by atoms with Crippen LogP contribution >= 0.6 is 0 Å². The Hall–Kier alpha value is -5.90. The summed E-state index contributed by atoms with van der Waals surface area (Å²) in [6.45, 7) is 10.5. The summed E-state index contributed by atoms with van der Waals surface area (Å²) in [5.41, 5.74) is 6.07. The molecular weight excluding hydrogens is 907 g/mol. The summed E-state index contributed by atoms with van der Waals surface area (Å²) in [6, 6.07) is 13.9. The van der Waals surface area contributed by atoms with Gasteiger partial charge in [0.05, 0.1) is 28.9 Å². The van der Waals surface area contributed by atoms with E-state index in [0.717, 1.165) is 122 Å².